The van der Waals surface area contributed by atoms with Crippen molar-refractivity contribution in [1.29, 1.82) is 0 Å². The predicted octanol–water partition coefficient (Wildman–Crippen LogP) is 5.31. The third-order valence-electron chi connectivity index (χ3n) is 4.99. The number of amides is 1. The van der Waals surface area contributed by atoms with Gasteiger partial charge in [0.2, 0.25) is 11.0 Å². The molecular formula is C22H25N5OS2. The van der Waals surface area contributed by atoms with Crippen LogP contribution in [0.5, 0.6) is 0 Å². The van der Waals surface area contributed by atoms with Gasteiger partial charge in [0.05, 0.1) is 5.75 Å². The molecular weight excluding hydrogens is 414 g/mol. The van der Waals surface area contributed by atoms with Crippen LogP contribution < -0.4 is 15.5 Å². The van der Waals surface area contributed by atoms with Gasteiger partial charge in [0.25, 0.3) is 0 Å². The van der Waals surface area contributed by atoms with Gasteiger partial charge in [-0.05, 0) is 62.1 Å². The minimum Gasteiger partial charge on any atom is -0.372 e. The number of para-hydroxylation sites is 1. The highest BCUT2D eigenvalue weighted by atomic mass is 32.2. The number of carbonyl (C=O) groups excluding carboxylic acids is 1. The fraction of sp³-hybridized carbons (Fsp3) is 0.318. The van der Waals surface area contributed by atoms with Crippen LogP contribution in [0.15, 0.2) is 52.9 Å². The number of carbonyl (C=O) groups is 1. The van der Waals surface area contributed by atoms with Crippen LogP contribution in [-0.4, -0.2) is 34.9 Å². The van der Waals surface area contributed by atoms with Gasteiger partial charge >= 0.3 is 0 Å². The summed E-state index contributed by atoms with van der Waals surface area (Å²) in [7, 11) is 0. The molecule has 0 saturated carbocycles. The molecule has 0 aliphatic carbocycles. The van der Waals surface area contributed by atoms with E-state index in [9.17, 15) is 4.79 Å². The lowest BCUT2D eigenvalue weighted by atomic mass is 10.1. The van der Waals surface area contributed by atoms with Gasteiger partial charge in [0.15, 0.2) is 4.34 Å². The summed E-state index contributed by atoms with van der Waals surface area (Å²) < 4.78 is 0.765. The van der Waals surface area contributed by atoms with E-state index in [1.807, 2.05) is 43.3 Å². The number of anilines is 4. The first-order valence-corrected chi connectivity index (χ1v) is 11.9. The quantitative estimate of drug-likeness (QED) is 0.486. The standard InChI is InChI=1S/C22H25N5OS2/c1-16-7-3-4-8-19(16)24-21-25-26-22(30-21)29-15-20(28)23-17-9-11-18(12-10-17)27-13-5-2-6-14-27/h3-4,7-12H,2,5-6,13-15H2,1H3,(H,23,28)(H,24,25). The van der Waals surface area contributed by atoms with Crippen LogP contribution in [0.2, 0.25) is 0 Å². The fourth-order valence-corrected chi connectivity index (χ4v) is 4.94. The number of rotatable bonds is 7. The lowest BCUT2D eigenvalue weighted by Crippen LogP contribution is -2.29. The molecule has 6 nitrogen and oxygen atoms in total. The Kier molecular flexibility index (Phi) is 6.86. The second-order valence-electron chi connectivity index (χ2n) is 7.24. The monoisotopic (exact) mass is 439 g/mol. The number of hydrogen-bond donors (Lipinski definition) is 2. The summed E-state index contributed by atoms with van der Waals surface area (Å²) >= 11 is 2.84. The number of aromatic nitrogens is 2. The van der Waals surface area contributed by atoms with Gasteiger partial charge in [-0.15, -0.1) is 10.2 Å². The van der Waals surface area contributed by atoms with Crippen molar-refractivity contribution in [2.45, 2.75) is 30.5 Å². The zero-order valence-electron chi connectivity index (χ0n) is 16.9. The SMILES string of the molecule is Cc1ccccc1Nc1nnc(SCC(=O)Nc2ccc(N3CCCCC3)cc2)s1. The Morgan fingerprint density at radius 3 is 2.60 bits per heavy atom. The first-order chi connectivity index (χ1) is 14.7. The maximum absolute atomic E-state index is 12.3. The number of thioether (sulfide) groups is 1. The van der Waals surface area contributed by atoms with Crippen molar-refractivity contribution in [3.8, 4) is 0 Å². The summed E-state index contributed by atoms with van der Waals surface area (Å²) in [4.78, 5) is 14.7. The number of aryl methyl sites for hydroxylation is 1. The number of nitrogens with zero attached hydrogens (tertiary/aromatic N) is 3. The van der Waals surface area contributed by atoms with E-state index in [0.717, 1.165) is 39.5 Å². The largest absolute Gasteiger partial charge is 0.372 e. The Morgan fingerprint density at radius 1 is 1.07 bits per heavy atom. The van der Waals surface area contributed by atoms with Crippen molar-refractivity contribution in [3.63, 3.8) is 0 Å². The zero-order chi connectivity index (χ0) is 20.8. The molecule has 8 heteroatoms. The minimum absolute atomic E-state index is 0.0469. The van der Waals surface area contributed by atoms with Crippen LogP contribution in [0.3, 0.4) is 0 Å². The minimum atomic E-state index is -0.0469. The van der Waals surface area contributed by atoms with Crippen molar-refractivity contribution in [2.75, 3.05) is 34.4 Å². The van der Waals surface area contributed by atoms with E-state index >= 15 is 0 Å². The van der Waals surface area contributed by atoms with Gasteiger partial charge in [-0.1, -0.05) is 41.3 Å². The van der Waals surface area contributed by atoms with Crippen LogP contribution in [-0.2, 0) is 4.79 Å². The molecule has 2 aromatic carbocycles. The molecule has 2 heterocycles. The Labute approximate surface area is 185 Å². The molecule has 3 aromatic rings. The van der Waals surface area contributed by atoms with E-state index in [0.29, 0.717) is 5.75 Å². The molecule has 1 fully saturated rings. The average molecular weight is 440 g/mol. The normalized spacial score (nSPS) is 13.8. The maximum atomic E-state index is 12.3. The van der Waals surface area contributed by atoms with Gasteiger partial charge in [-0.25, -0.2) is 0 Å². The van der Waals surface area contributed by atoms with E-state index in [4.69, 9.17) is 0 Å². The molecule has 1 aliphatic rings. The lowest BCUT2D eigenvalue weighted by Gasteiger charge is -2.28. The highest BCUT2D eigenvalue weighted by Crippen LogP contribution is 2.29. The Bertz CT molecular complexity index is 983. The van der Waals surface area contributed by atoms with Gasteiger partial charge < -0.3 is 15.5 Å². The smallest absolute Gasteiger partial charge is 0.234 e. The second kappa shape index (κ2) is 9.95. The summed E-state index contributed by atoms with van der Waals surface area (Å²) in [5, 5.41) is 15.3. The van der Waals surface area contributed by atoms with Crippen LogP contribution >= 0.6 is 23.1 Å². The zero-order valence-corrected chi connectivity index (χ0v) is 18.6. The highest BCUT2D eigenvalue weighted by molar-refractivity contribution is 8.01. The molecule has 1 aromatic heterocycles. The molecule has 30 heavy (non-hydrogen) atoms. The third-order valence-corrected chi connectivity index (χ3v) is 6.96. The summed E-state index contributed by atoms with van der Waals surface area (Å²) in [6, 6.07) is 16.2. The number of nitrogens with one attached hydrogen (secondary N) is 2. The molecule has 0 spiro atoms. The van der Waals surface area contributed by atoms with Crippen LogP contribution in [0.25, 0.3) is 0 Å². The van der Waals surface area contributed by atoms with Crippen molar-refractivity contribution >= 4 is 51.2 Å². The van der Waals surface area contributed by atoms with Crippen LogP contribution in [0, 0.1) is 6.92 Å². The van der Waals surface area contributed by atoms with Gasteiger partial charge in [-0.3, -0.25) is 4.79 Å². The summed E-state index contributed by atoms with van der Waals surface area (Å²) in [6.45, 7) is 4.28. The molecule has 0 unspecified atom stereocenters. The molecule has 2 N–H and O–H groups in total. The van der Waals surface area contributed by atoms with Crippen molar-refractivity contribution in [2.24, 2.45) is 0 Å². The van der Waals surface area contributed by atoms with Crippen molar-refractivity contribution in [1.82, 2.24) is 10.2 Å². The second-order valence-corrected chi connectivity index (χ2v) is 9.44. The molecule has 1 aliphatic heterocycles. The number of benzene rings is 2. The third kappa shape index (κ3) is 5.52. The molecule has 0 bridgehead atoms. The molecule has 0 atom stereocenters. The van der Waals surface area contributed by atoms with E-state index in [2.05, 4.69) is 37.9 Å². The number of piperidine rings is 1. The summed E-state index contributed by atoms with van der Waals surface area (Å²) in [6.07, 6.45) is 3.83. The molecule has 1 amide bonds. The van der Waals surface area contributed by atoms with Crippen LogP contribution in [0.1, 0.15) is 24.8 Å². The molecule has 1 saturated heterocycles. The Balaban J connectivity index is 1.26. The Hall–Kier alpha value is -2.58. The first-order valence-electron chi connectivity index (χ1n) is 10.1. The average Bonchev–Trinajstić information content (AvgIpc) is 3.22. The first kappa shape index (κ1) is 20.7. The maximum Gasteiger partial charge on any atom is 0.234 e. The van der Waals surface area contributed by atoms with E-state index in [1.54, 1.807) is 0 Å². The number of hydrogen-bond acceptors (Lipinski definition) is 7. The Morgan fingerprint density at radius 2 is 1.83 bits per heavy atom. The molecule has 4 rings (SSSR count). The van der Waals surface area contributed by atoms with E-state index in [-0.39, 0.29) is 5.91 Å². The van der Waals surface area contributed by atoms with E-state index in [1.165, 1.54) is 48.0 Å². The van der Waals surface area contributed by atoms with Crippen LogP contribution in [0.4, 0.5) is 22.2 Å². The van der Waals surface area contributed by atoms with Crippen molar-refractivity contribution < 1.29 is 4.79 Å². The van der Waals surface area contributed by atoms with E-state index < -0.39 is 0 Å². The highest BCUT2D eigenvalue weighted by Gasteiger charge is 2.12. The predicted molar refractivity (Wildman–Crippen MR) is 126 cm³/mol. The van der Waals surface area contributed by atoms with Gasteiger partial charge in [0.1, 0.15) is 0 Å². The molecule has 156 valence electrons. The van der Waals surface area contributed by atoms with Gasteiger partial charge in [0, 0.05) is 30.2 Å². The van der Waals surface area contributed by atoms with Crippen molar-refractivity contribution in [3.05, 3.63) is 54.1 Å². The topological polar surface area (TPSA) is 70.1 Å². The lowest BCUT2D eigenvalue weighted by molar-refractivity contribution is -0.113. The summed E-state index contributed by atoms with van der Waals surface area (Å²) in [5.74, 6) is 0.252. The van der Waals surface area contributed by atoms with Gasteiger partial charge in [-0.2, -0.15) is 0 Å². The fourth-order valence-electron chi connectivity index (χ4n) is 3.38. The summed E-state index contributed by atoms with van der Waals surface area (Å²) in [5.41, 5.74) is 4.20. The molecule has 0 radical (unpaired) electrons.